The van der Waals surface area contributed by atoms with Crippen LogP contribution in [0.4, 0.5) is 0 Å². The molecule has 2 nitrogen and oxygen atoms in total. The molecular formula is C8H12O2. The zero-order valence-corrected chi connectivity index (χ0v) is 6.44. The second-order valence-corrected chi connectivity index (χ2v) is 2.76. The van der Waals surface area contributed by atoms with Gasteiger partial charge < -0.3 is 4.74 Å². The van der Waals surface area contributed by atoms with Gasteiger partial charge in [0.05, 0.1) is 0 Å². The molecule has 10 heavy (non-hydrogen) atoms. The molecule has 1 aliphatic heterocycles. The Labute approximate surface area is 60.9 Å². The molecule has 0 N–H and O–H groups in total. The molecule has 1 aliphatic rings. The second kappa shape index (κ2) is 2.86. The van der Waals surface area contributed by atoms with Crippen molar-refractivity contribution in [2.45, 2.75) is 26.7 Å². The maximum Gasteiger partial charge on any atom is 0.306 e. The van der Waals surface area contributed by atoms with Crippen molar-refractivity contribution < 1.29 is 9.53 Å². The van der Waals surface area contributed by atoms with Gasteiger partial charge in [0, 0.05) is 6.42 Å². The van der Waals surface area contributed by atoms with Gasteiger partial charge in [-0.3, -0.25) is 4.79 Å². The molecule has 0 aromatic rings. The summed E-state index contributed by atoms with van der Waals surface area (Å²) in [6.07, 6.45) is 1.45. The zero-order chi connectivity index (χ0) is 7.56. The average molecular weight is 140 g/mol. The van der Waals surface area contributed by atoms with Crippen molar-refractivity contribution in [2.24, 2.45) is 0 Å². The Hall–Kier alpha value is -0.790. The SMILES string of the molecule is CC(C)=C1CCC(=O)OC1. The molecule has 0 bridgehead atoms. The van der Waals surface area contributed by atoms with Gasteiger partial charge in [-0.2, -0.15) is 0 Å². The monoisotopic (exact) mass is 140 g/mol. The molecule has 56 valence electrons. The van der Waals surface area contributed by atoms with E-state index >= 15 is 0 Å². The fourth-order valence-electron chi connectivity index (χ4n) is 0.959. The Bertz CT molecular complexity index is 164. The first-order valence-corrected chi connectivity index (χ1v) is 3.51. The van der Waals surface area contributed by atoms with Gasteiger partial charge in [-0.1, -0.05) is 5.57 Å². The van der Waals surface area contributed by atoms with E-state index in [1.807, 2.05) is 0 Å². The van der Waals surface area contributed by atoms with E-state index in [-0.39, 0.29) is 5.97 Å². The maximum absolute atomic E-state index is 10.6. The van der Waals surface area contributed by atoms with E-state index in [1.54, 1.807) is 0 Å². The molecule has 0 unspecified atom stereocenters. The van der Waals surface area contributed by atoms with E-state index in [0.717, 1.165) is 6.42 Å². The summed E-state index contributed by atoms with van der Waals surface area (Å²) in [6.45, 7) is 4.62. The normalized spacial score (nSPS) is 18.6. The van der Waals surface area contributed by atoms with Crippen LogP contribution in [-0.4, -0.2) is 12.6 Å². The van der Waals surface area contributed by atoms with Crippen LogP contribution in [0.5, 0.6) is 0 Å². The van der Waals surface area contributed by atoms with Crippen molar-refractivity contribution in [3.05, 3.63) is 11.1 Å². The minimum atomic E-state index is -0.0648. The Morgan fingerprint density at radius 3 is 2.50 bits per heavy atom. The fourth-order valence-corrected chi connectivity index (χ4v) is 0.959. The van der Waals surface area contributed by atoms with Gasteiger partial charge in [-0.25, -0.2) is 0 Å². The standard InChI is InChI=1S/C8H12O2/c1-6(2)7-3-4-8(9)10-5-7/h3-5H2,1-2H3. The van der Waals surface area contributed by atoms with Crippen molar-refractivity contribution in [3.63, 3.8) is 0 Å². The molecule has 1 rings (SSSR count). The van der Waals surface area contributed by atoms with E-state index in [0.29, 0.717) is 13.0 Å². The van der Waals surface area contributed by atoms with Gasteiger partial charge in [-0.15, -0.1) is 0 Å². The molecule has 1 heterocycles. The first-order valence-electron chi connectivity index (χ1n) is 3.51. The highest BCUT2D eigenvalue weighted by atomic mass is 16.5. The van der Waals surface area contributed by atoms with Crippen LogP contribution < -0.4 is 0 Å². The van der Waals surface area contributed by atoms with Gasteiger partial charge >= 0.3 is 5.97 Å². The van der Waals surface area contributed by atoms with E-state index < -0.39 is 0 Å². The highest BCUT2D eigenvalue weighted by Crippen LogP contribution is 2.16. The number of ether oxygens (including phenoxy) is 1. The predicted molar refractivity (Wildman–Crippen MR) is 38.6 cm³/mol. The van der Waals surface area contributed by atoms with Crippen molar-refractivity contribution in [1.29, 1.82) is 0 Å². The average Bonchev–Trinajstić information content (AvgIpc) is 1.88. The van der Waals surface area contributed by atoms with Gasteiger partial charge in [0.1, 0.15) is 6.61 Å². The number of carbonyl (C=O) groups excluding carboxylic acids is 1. The highest BCUT2D eigenvalue weighted by Gasteiger charge is 2.13. The van der Waals surface area contributed by atoms with Crippen LogP contribution in [0.25, 0.3) is 0 Å². The van der Waals surface area contributed by atoms with Gasteiger partial charge in [0.25, 0.3) is 0 Å². The van der Waals surface area contributed by atoms with Crippen LogP contribution in [0.2, 0.25) is 0 Å². The zero-order valence-electron chi connectivity index (χ0n) is 6.44. The minimum absolute atomic E-state index is 0.0648. The van der Waals surface area contributed by atoms with Gasteiger partial charge in [0.15, 0.2) is 0 Å². The molecule has 0 radical (unpaired) electrons. The lowest BCUT2D eigenvalue weighted by Crippen LogP contribution is -2.15. The van der Waals surface area contributed by atoms with Gasteiger partial charge in [0.2, 0.25) is 0 Å². The van der Waals surface area contributed by atoms with Gasteiger partial charge in [-0.05, 0) is 25.8 Å². The Morgan fingerprint density at radius 2 is 2.10 bits per heavy atom. The summed E-state index contributed by atoms with van der Waals surface area (Å²) < 4.78 is 4.85. The second-order valence-electron chi connectivity index (χ2n) is 2.76. The van der Waals surface area contributed by atoms with Crippen LogP contribution >= 0.6 is 0 Å². The number of hydrogen-bond donors (Lipinski definition) is 0. The van der Waals surface area contributed by atoms with Crippen molar-refractivity contribution in [3.8, 4) is 0 Å². The summed E-state index contributed by atoms with van der Waals surface area (Å²) in [7, 11) is 0. The van der Waals surface area contributed by atoms with Crippen molar-refractivity contribution in [2.75, 3.05) is 6.61 Å². The minimum Gasteiger partial charge on any atom is -0.461 e. The molecule has 0 atom stereocenters. The third-order valence-corrected chi connectivity index (χ3v) is 1.75. The third kappa shape index (κ3) is 1.59. The number of esters is 1. The lowest BCUT2D eigenvalue weighted by molar-refractivity contribution is -0.144. The number of rotatable bonds is 0. The predicted octanol–water partition coefficient (Wildman–Crippen LogP) is 1.66. The molecule has 0 spiro atoms. The smallest absolute Gasteiger partial charge is 0.306 e. The van der Waals surface area contributed by atoms with E-state index in [9.17, 15) is 4.79 Å². The third-order valence-electron chi connectivity index (χ3n) is 1.75. The number of carbonyl (C=O) groups is 1. The van der Waals surface area contributed by atoms with E-state index in [2.05, 4.69) is 13.8 Å². The summed E-state index contributed by atoms with van der Waals surface area (Å²) in [5.41, 5.74) is 2.56. The van der Waals surface area contributed by atoms with Crippen LogP contribution in [-0.2, 0) is 9.53 Å². The lowest BCUT2D eigenvalue weighted by atomic mass is 10.0. The Balaban J connectivity index is 2.56. The first-order chi connectivity index (χ1) is 4.70. The number of cyclic esters (lactones) is 1. The number of allylic oxidation sites excluding steroid dienone is 1. The topological polar surface area (TPSA) is 26.3 Å². The van der Waals surface area contributed by atoms with Crippen LogP contribution in [0.15, 0.2) is 11.1 Å². The quantitative estimate of drug-likeness (QED) is 0.378. The van der Waals surface area contributed by atoms with E-state index in [4.69, 9.17) is 4.74 Å². The molecular weight excluding hydrogens is 128 g/mol. The molecule has 1 saturated heterocycles. The summed E-state index contributed by atoms with van der Waals surface area (Å²) in [5, 5.41) is 0. The summed E-state index contributed by atoms with van der Waals surface area (Å²) in [5.74, 6) is -0.0648. The van der Waals surface area contributed by atoms with Crippen molar-refractivity contribution in [1.82, 2.24) is 0 Å². The summed E-state index contributed by atoms with van der Waals surface area (Å²) in [6, 6.07) is 0. The summed E-state index contributed by atoms with van der Waals surface area (Å²) in [4.78, 5) is 10.6. The summed E-state index contributed by atoms with van der Waals surface area (Å²) >= 11 is 0. The molecule has 1 fully saturated rings. The van der Waals surface area contributed by atoms with E-state index in [1.165, 1.54) is 11.1 Å². The maximum atomic E-state index is 10.6. The molecule has 0 amide bonds. The van der Waals surface area contributed by atoms with Crippen LogP contribution in [0.1, 0.15) is 26.7 Å². The molecule has 0 aromatic heterocycles. The van der Waals surface area contributed by atoms with Crippen molar-refractivity contribution >= 4 is 5.97 Å². The first kappa shape index (κ1) is 7.32. The molecule has 0 aromatic carbocycles. The molecule has 0 saturated carbocycles. The molecule has 0 aliphatic carbocycles. The molecule has 2 heteroatoms. The fraction of sp³-hybridized carbons (Fsp3) is 0.625. The Morgan fingerprint density at radius 1 is 1.40 bits per heavy atom. The lowest BCUT2D eigenvalue weighted by Gasteiger charge is -2.15. The largest absolute Gasteiger partial charge is 0.461 e. The highest BCUT2D eigenvalue weighted by molar-refractivity contribution is 5.71. The van der Waals surface area contributed by atoms with Crippen LogP contribution in [0.3, 0.4) is 0 Å². The Kier molecular flexibility index (Phi) is 2.10. The number of hydrogen-bond acceptors (Lipinski definition) is 2. The van der Waals surface area contributed by atoms with Crippen LogP contribution in [0, 0.1) is 0 Å².